The summed E-state index contributed by atoms with van der Waals surface area (Å²) in [6.07, 6.45) is 0. The van der Waals surface area contributed by atoms with Gasteiger partial charge in [0, 0.05) is 12.6 Å². The van der Waals surface area contributed by atoms with Gasteiger partial charge in [-0.15, -0.1) is 0 Å². The Balaban J connectivity index is 1.99. The maximum absolute atomic E-state index is 14.4. The van der Waals surface area contributed by atoms with Crippen LogP contribution in [0.25, 0.3) is 11.3 Å². The molecule has 0 saturated heterocycles. The van der Waals surface area contributed by atoms with Gasteiger partial charge in [-0.05, 0) is 17.7 Å². The zero-order valence-electron chi connectivity index (χ0n) is 15.3. The van der Waals surface area contributed by atoms with Crippen molar-refractivity contribution in [2.45, 2.75) is 5.92 Å². The van der Waals surface area contributed by atoms with Crippen LogP contribution in [0.1, 0.15) is 17.0 Å². The van der Waals surface area contributed by atoms with Crippen molar-refractivity contribution in [1.29, 1.82) is 5.26 Å². The molecule has 2 heterocycles. The molecule has 0 fully saturated rings. The van der Waals surface area contributed by atoms with Gasteiger partial charge in [0.05, 0.1) is 18.6 Å². The van der Waals surface area contributed by atoms with Crippen LogP contribution in [0.5, 0.6) is 11.6 Å². The normalized spacial score (nSPS) is 15.6. The molecular weight excluding hydrogens is 359 g/mol. The molecule has 2 aromatic carbocycles. The predicted octanol–water partition coefficient (Wildman–Crippen LogP) is 3.45. The fraction of sp³-hybridized carbons (Fsp3) is 0.143. The van der Waals surface area contributed by atoms with Crippen molar-refractivity contribution in [3.8, 4) is 29.0 Å². The van der Waals surface area contributed by atoms with E-state index in [0.29, 0.717) is 22.7 Å². The number of hydrogen-bond donors (Lipinski definition) is 1. The number of nitrogens with two attached hydrogens (primary N) is 1. The average molecular weight is 376 g/mol. The van der Waals surface area contributed by atoms with E-state index in [1.54, 1.807) is 17.8 Å². The summed E-state index contributed by atoms with van der Waals surface area (Å²) in [6, 6.07) is 16.3. The summed E-state index contributed by atoms with van der Waals surface area (Å²) in [5, 5.41) is 14.3. The Morgan fingerprint density at radius 1 is 1.25 bits per heavy atom. The lowest BCUT2D eigenvalue weighted by atomic mass is 9.83. The zero-order valence-corrected chi connectivity index (χ0v) is 15.3. The molecule has 2 N–H and O–H groups in total. The monoisotopic (exact) mass is 376 g/mol. The van der Waals surface area contributed by atoms with Crippen LogP contribution in [0.15, 0.2) is 60.0 Å². The fourth-order valence-corrected chi connectivity index (χ4v) is 3.48. The fourth-order valence-electron chi connectivity index (χ4n) is 3.48. The van der Waals surface area contributed by atoms with Crippen molar-refractivity contribution in [2.75, 3.05) is 7.11 Å². The zero-order chi connectivity index (χ0) is 19.8. The summed E-state index contributed by atoms with van der Waals surface area (Å²) in [5.41, 5.74) is 8.97. The first kappa shape index (κ1) is 17.6. The minimum Gasteiger partial charge on any atom is -0.494 e. The lowest BCUT2D eigenvalue weighted by molar-refractivity contribution is 0.358. The topological polar surface area (TPSA) is 86.1 Å². The number of nitrogens with zero attached hydrogens (tertiary/aromatic N) is 3. The number of methoxy groups -OCH3 is 1. The Morgan fingerprint density at radius 3 is 2.64 bits per heavy atom. The summed E-state index contributed by atoms with van der Waals surface area (Å²) >= 11 is 0. The van der Waals surface area contributed by atoms with Crippen molar-refractivity contribution in [3.05, 3.63) is 76.9 Å². The summed E-state index contributed by atoms with van der Waals surface area (Å²) in [5.74, 6) is -0.594. The van der Waals surface area contributed by atoms with Crippen LogP contribution in [0.2, 0.25) is 0 Å². The van der Waals surface area contributed by atoms with Gasteiger partial charge in [-0.2, -0.15) is 10.4 Å². The van der Waals surface area contributed by atoms with Crippen LogP contribution < -0.4 is 15.2 Å². The van der Waals surface area contributed by atoms with Crippen LogP contribution in [-0.2, 0) is 7.05 Å². The summed E-state index contributed by atoms with van der Waals surface area (Å²) in [4.78, 5) is 0. The third kappa shape index (κ3) is 2.67. The standard InChI is InChI=1S/C21H17FN4O2/c1-26-21-18(19(25-26)12-6-4-3-5-7-12)17(14(11-23)20(24)28-21)13-8-9-16(27-2)15(22)10-13/h3-10,17H,24H2,1-2H3. The van der Waals surface area contributed by atoms with Crippen molar-refractivity contribution in [2.24, 2.45) is 12.8 Å². The highest BCUT2D eigenvalue weighted by atomic mass is 19.1. The molecule has 4 rings (SSSR count). The summed E-state index contributed by atoms with van der Waals surface area (Å²) in [7, 11) is 3.14. The number of ether oxygens (including phenoxy) is 2. The highest BCUT2D eigenvalue weighted by Crippen LogP contribution is 2.46. The van der Waals surface area contributed by atoms with E-state index < -0.39 is 11.7 Å². The molecule has 1 aliphatic rings. The molecule has 0 bridgehead atoms. The maximum Gasteiger partial charge on any atom is 0.224 e. The molecule has 7 heteroatoms. The Hall–Kier alpha value is -3.79. The van der Waals surface area contributed by atoms with Gasteiger partial charge in [0.15, 0.2) is 11.6 Å². The molecule has 0 amide bonds. The van der Waals surface area contributed by atoms with Crippen molar-refractivity contribution >= 4 is 0 Å². The van der Waals surface area contributed by atoms with Gasteiger partial charge >= 0.3 is 0 Å². The Bertz CT molecular complexity index is 1130. The van der Waals surface area contributed by atoms with Crippen LogP contribution in [0.3, 0.4) is 0 Å². The van der Waals surface area contributed by atoms with Gasteiger partial charge in [-0.25, -0.2) is 9.07 Å². The lowest BCUT2D eigenvalue weighted by Crippen LogP contribution is -2.22. The van der Waals surface area contributed by atoms with Gasteiger partial charge in [0.1, 0.15) is 17.3 Å². The first-order valence-electron chi connectivity index (χ1n) is 8.58. The molecule has 140 valence electrons. The average Bonchev–Trinajstić information content (AvgIpc) is 3.03. The van der Waals surface area contributed by atoms with E-state index in [1.807, 2.05) is 30.3 Å². The molecular formula is C21H17FN4O2. The van der Waals surface area contributed by atoms with Gasteiger partial charge in [-0.3, -0.25) is 0 Å². The number of aromatic nitrogens is 2. The Labute approximate surface area is 161 Å². The second-order valence-corrected chi connectivity index (χ2v) is 6.38. The smallest absolute Gasteiger partial charge is 0.224 e. The minimum absolute atomic E-state index is 0.0150. The third-order valence-electron chi connectivity index (χ3n) is 4.76. The number of allylic oxidation sites excluding steroid dienone is 1. The van der Waals surface area contributed by atoms with E-state index >= 15 is 0 Å². The SMILES string of the molecule is COc1ccc(C2C(C#N)=C(N)Oc3c2c(-c2ccccc2)nn3C)cc1F. The van der Waals surface area contributed by atoms with Crippen molar-refractivity contribution in [1.82, 2.24) is 9.78 Å². The third-order valence-corrected chi connectivity index (χ3v) is 4.76. The molecule has 1 unspecified atom stereocenters. The number of halogens is 1. The molecule has 0 aliphatic carbocycles. The van der Waals surface area contributed by atoms with Crippen LogP contribution in [0.4, 0.5) is 4.39 Å². The van der Waals surface area contributed by atoms with E-state index in [-0.39, 0.29) is 17.2 Å². The second kappa shape index (κ2) is 6.74. The van der Waals surface area contributed by atoms with Crippen LogP contribution >= 0.6 is 0 Å². The molecule has 28 heavy (non-hydrogen) atoms. The van der Waals surface area contributed by atoms with Gasteiger partial charge in [0.2, 0.25) is 11.8 Å². The molecule has 6 nitrogen and oxygen atoms in total. The maximum atomic E-state index is 14.4. The largest absolute Gasteiger partial charge is 0.494 e. The molecule has 0 radical (unpaired) electrons. The molecule has 0 spiro atoms. The van der Waals surface area contributed by atoms with Crippen molar-refractivity contribution < 1.29 is 13.9 Å². The van der Waals surface area contributed by atoms with E-state index in [1.165, 1.54) is 19.2 Å². The Morgan fingerprint density at radius 2 is 2.00 bits per heavy atom. The number of fused-ring (bicyclic) bond motifs is 1. The van der Waals surface area contributed by atoms with Gasteiger partial charge < -0.3 is 15.2 Å². The van der Waals surface area contributed by atoms with E-state index in [9.17, 15) is 9.65 Å². The minimum atomic E-state index is -0.613. The van der Waals surface area contributed by atoms with Crippen LogP contribution in [0, 0.1) is 17.1 Å². The second-order valence-electron chi connectivity index (χ2n) is 6.38. The Kier molecular flexibility index (Phi) is 4.24. The quantitative estimate of drug-likeness (QED) is 0.757. The summed E-state index contributed by atoms with van der Waals surface area (Å²) in [6.45, 7) is 0. The first-order chi connectivity index (χ1) is 13.5. The first-order valence-corrected chi connectivity index (χ1v) is 8.58. The molecule has 1 aliphatic heterocycles. The van der Waals surface area contributed by atoms with Crippen LogP contribution in [-0.4, -0.2) is 16.9 Å². The summed E-state index contributed by atoms with van der Waals surface area (Å²) < 4.78 is 26.7. The molecule has 1 aromatic heterocycles. The predicted molar refractivity (Wildman–Crippen MR) is 101 cm³/mol. The van der Waals surface area contributed by atoms with E-state index in [4.69, 9.17) is 15.2 Å². The van der Waals surface area contributed by atoms with Gasteiger partial charge in [0.25, 0.3) is 0 Å². The van der Waals surface area contributed by atoms with E-state index in [0.717, 1.165) is 5.56 Å². The van der Waals surface area contributed by atoms with E-state index in [2.05, 4.69) is 11.2 Å². The number of hydrogen-bond acceptors (Lipinski definition) is 5. The highest BCUT2D eigenvalue weighted by Gasteiger charge is 2.37. The number of benzene rings is 2. The number of rotatable bonds is 3. The lowest BCUT2D eigenvalue weighted by Gasteiger charge is -2.25. The van der Waals surface area contributed by atoms with Crippen molar-refractivity contribution in [3.63, 3.8) is 0 Å². The van der Waals surface area contributed by atoms with Gasteiger partial charge in [-0.1, -0.05) is 36.4 Å². The molecule has 1 atom stereocenters. The number of nitriles is 1. The highest BCUT2D eigenvalue weighted by molar-refractivity contribution is 5.71. The molecule has 0 saturated carbocycles. The molecule has 3 aromatic rings. The number of aryl methyl sites for hydroxylation is 1.